The third kappa shape index (κ3) is 4.28. The van der Waals surface area contributed by atoms with E-state index in [1.165, 1.54) is 18.8 Å². The highest BCUT2D eigenvalue weighted by Crippen LogP contribution is 2.18. The lowest BCUT2D eigenvalue weighted by atomic mass is 10.1. The number of hydrogen-bond donors (Lipinski definition) is 0. The summed E-state index contributed by atoms with van der Waals surface area (Å²) in [6, 6.07) is 8.16. The van der Waals surface area contributed by atoms with E-state index in [-0.39, 0.29) is 11.5 Å². The van der Waals surface area contributed by atoms with Gasteiger partial charge in [0.15, 0.2) is 10.9 Å². The lowest BCUT2D eigenvalue weighted by Crippen LogP contribution is -2.24. The minimum absolute atomic E-state index is 0.0639. The fourth-order valence-corrected chi connectivity index (χ4v) is 2.82. The Bertz CT molecular complexity index is 747. The molecule has 8 heteroatoms. The molecule has 1 aromatic carbocycles. The van der Waals surface area contributed by atoms with Crippen LogP contribution in [0.1, 0.15) is 10.4 Å². The van der Waals surface area contributed by atoms with Crippen LogP contribution in [0.4, 0.5) is 5.69 Å². The van der Waals surface area contributed by atoms with E-state index in [4.69, 9.17) is 0 Å². The zero-order valence-corrected chi connectivity index (χ0v) is 13.8. The quantitative estimate of drug-likeness (QED) is 0.455. The SMILES string of the molecule is CN(c1ccc(C(=O)CSc2ncccn2)cc1)S(C)(=O)=O. The summed E-state index contributed by atoms with van der Waals surface area (Å²) in [5.74, 6) is 0.164. The minimum atomic E-state index is -3.31. The average Bonchev–Trinajstić information content (AvgIpc) is 2.52. The summed E-state index contributed by atoms with van der Waals surface area (Å²) < 4.78 is 24.1. The zero-order valence-electron chi connectivity index (χ0n) is 12.1. The van der Waals surface area contributed by atoms with Crippen molar-refractivity contribution in [3.8, 4) is 0 Å². The summed E-state index contributed by atoms with van der Waals surface area (Å²) in [6.45, 7) is 0. The van der Waals surface area contributed by atoms with E-state index in [0.717, 1.165) is 10.6 Å². The Morgan fingerprint density at radius 1 is 1.18 bits per heavy atom. The zero-order chi connectivity index (χ0) is 16.2. The molecule has 0 saturated carbocycles. The Kier molecular flexibility index (Phi) is 5.15. The topological polar surface area (TPSA) is 80.2 Å². The molecule has 0 amide bonds. The van der Waals surface area contributed by atoms with E-state index in [1.54, 1.807) is 42.7 Å². The first-order valence-electron chi connectivity index (χ1n) is 6.35. The van der Waals surface area contributed by atoms with Crippen LogP contribution in [0.2, 0.25) is 0 Å². The second-order valence-electron chi connectivity index (χ2n) is 4.52. The van der Waals surface area contributed by atoms with Gasteiger partial charge in [0.25, 0.3) is 0 Å². The van der Waals surface area contributed by atoms with Crippen LogP contribution in [-0.4, -0.2) is 43.2 Å². The molecule has 0 bridgehead atoms. The summed E-state index contributed by atoms with van der Waals surface area (Å²) in [4.78, 5) is 20.2. The van der Waals surface area contributed by atoms with Crippen molar-refractivity contribution in [3.63, 3.8) is 0 Å². The van der Waals surface area contributed by atoms with Gasteiger partial charge in [-0.3, -0.25) is 9.10 Å². The molecule has 0 aliphatic heterocycles. The Balaban J connectivity index is 2.02. The van der Waals surface area contributed by atoms with Crippen LogP contribution in [0.3, 0.4) is 0 Å². The van der Waals surface area contributed by atoms with Gasteiger partial charge in [-0.15, -0.1) is 0 Å². The summed E-state index contributed by atoms with van der Waals surface area (Å²) in [5, 5.41) is 0.546. The van der Waals surface area contributed by atoms with Gasteiger partial charge < -0.3 is 0 Å². The van der Waals surface area contributed by atoms with E-state index in [9.17, 15) is 13.2 Å². The smallest absolute Gasteiger partial charge is 0.231 e. The number of benzene rings is 1. The molecule has 116 valence electrons. The van der Waals surface area contributed by atoms with Crippen LogP contribution in [0.5, 0.6) is 0 Å². The van der Waals surface area contributed by atoms with Crippen molar-refractivity contribution in [2.24, 2.45) is 0 Å². The van der Waals surface area contributed by atoms with Crippen LogP contribution < -0.4 is 4.31 Å². The van der Waals surface area contributed by atoms with Crippen molar-refractivity contribution in [2.75, 3.05) is 23.4 Å². The van der Waals surface area contributed by atoms with Gasteiger partial charge in [-0.1, -0.05) is 11.8 Å². The molecule has 0 unspecified atom stereocenters. The second-order valence-corrected chi connectivity index (χ2v) is 7.48. The number of hydrogen-bond acceptors (Lipinski definition) is 6. The summed E-state index contributed by atoms with van der Waals surface area (Å²) >= 11 is 1.26. The van der Waals surface area contributed by atoms with Gasteiger partial charge in [-0.25, -0.2) is 18.4 Å². The Morgan fingerprint density at radius 3 is 2.32 bits per heavy atom. The van der Waals surface area contributed by atoms with E-state index < -0.39 is 10.0 Å². The molecule has 22 heavy (non-hydrogen) atoms. The molecule has 0 radical (unpaired) electrons. The summed E-state index contributed by atoms with van der Waals surface area (Å²) in [5.41, 5.74) is 1.03. The highest BCUT2D eigenvalue weighted by Gasteiger charge is 2.13. The molecule has 0 aliphatic rings. The van der Waals surface area contributed by atoms with Crippen molar-refractivity contribution in [2.45, 2.75) is 5.16 Å². The van der Waals surface area contributed by atoms with Gasteiger partial charge in [-0.05, 0) is 30.3 Å². The highest BCUT2D eigenvalue weighted by atomic mass is 32.2. The van der Waals surface area contributed by atoms with Crippen molar-refractivity contribution in [1.29, 1.82) is 0 Å². The minimum Gasteiger partial charge on any atom is -0.293 e. The molecule has 1 heterocycles. The number of Topliss-reactive ketones (excluding diaryl/α,β-unsaturated/α-hetero) is 1. The van der Waals surface area contributed by atoms with Gasteiger partial charge in [0.1, 0.15) is 0 Å². The first-order chi connectivity index (χ1) is 10.4. The van der Waals surface area contributed by atoms with Crippen LogP contribution in [0.25, 0.3) is 0 Å². The first kappa shape index (κ1) is 16.4. The lowest BCUT2D eigenvalue weighted by molar-refractivity contribution is 0.102. The number of rotatable bonds is 6. The maximum absolute atomic E-state index is 12.1. The molecule has 6 nitrogen and oxygen atoms in total. The first-order valence-corrected chi connectivity index (χ1v) is 9.18. The fraction of sp³-hybridized carbons (Fsp3) is 0.214. The number of carbonyl (C=O) groups excluding carboxylic acids is 1. The van der Waals surface area contributed by atoms with Crippen molar-refractivity contribution >= 4 is 33.3 Å². The van der Waals surface area contributed by atoms with Gasteiger partial charge in [0.05, 0.1) is 17.7 Å². The Hall–Kier alpha value is -1.93. The molecule has 0 spiro atoms. The van der Waals surface area contributed by atoms with Gasteiger partial charge >= 0.3 is 0 Å². The van der Waals surface area contributed by atoms with E-state index in [0.29, 0.717) is 16.4 Å². The third-order valence-electron chi connectivity index (χ3n) is 2.92. The molecular formula is C14H15N3O3S2. The largest absolute Gasteiger partial charge is 0.293 e. The Morgan fingerprint density at radius 2 is 1.77 bits per heavy atom. The number of anilines is 1. The standard InChI is InChI=1S/C14H15N3O3S2/c1-17(22(2,19)20)12-6-4-11(5-7-12)13(18)10-21-14-15-8-3-9-16-14/h3-9H,10H2,1-2H3. The third-order valence-corrected chi connectivity index (χ3v) is 5.01. The number of carbonyl (C=O) groups is 1. The monoisotopic (exact) mass is 337 g/mol. The number of ketones is 1. The number of aromatic nitrogens is 2. The molecule has 0 fully saturated rings. The average molecular weight is 337 g/mol. The van der Waals surface area contributed by atoms with Crippen LogP contribution in [-0.2, 0) is 10.0 Å². The van der Waals surface area contributed by atoms with Crippen LogP contribution in [0.15, 0.2) is 47.9 Å². The summed E-state index contributed by atoms with van der Waals surface area (Å²) in [7, 11) is -1.84. The van der Waals surface area contributed by atoms with Gasteiger partial charge in [0, 0.05) is 25.0 Å². The van der Waals surface area contributed by atoms with Crippen molar-refractivity contribution < 1.29 is 13.2 Å². The second kappa shape index (κ2) is 6.89. The van der Waals surface area contributed by atoms with Gasteiger partial charge in [-0.2, -0.15) is 0 Å². The maximum atomic E-state index is 12.1. The number of thioether (sulfide) groups is 1. The summed E-state index contributed by atoms with van der Waals surface area (Å²) in [6.07, 6.45) is 4.37. The highest BCUT2D eigenvalue weighted by molar-refractivity contribution is 7.99. The number of sulfonamides is 1. The van der Waals surface area contributed by atoms with Crippen molar-refractivity contribution in [3.05, 3.63) is 48.3 Å². The van der Waals surface area contributed by atoms with E-state index in [2.05, 4.69) is 9.97 Å². The molecule has 2 rings (SSSR count). The van der Waals surface area contributed by atoms with Gasteiger partial charge in [0.2, 0.25) is 10.0 Å². The normalized spacial score (nSPS) is 11.2. The van der Waals surface area contributed by atoms with Crippen molar-refractivity contribution in [1.82, 2.24) is 9.97 Å². The molecule has 0 atom stereocenters. The van der Waals surface area contributed by atoms with Crippen LogP contribution >= 0.6 is 11.8 Å². The van der Waals surface area contributed by atoms with E-state index in [1.807, 2.05) is 0 Å². The maximum Gasteiger partial charge on any atom is 0.231 e. The molecular weight excluding hydrogens is 322 g/mol. The predicted octanol–water partition coefficient (Wildman–Crippen LogP) is 1.85. The fourth-order valence-electron chi connectivity index (χ4n) is 1.62. The molecule has 0 aliphatic carbocycles. The lowest BCUT2D eigenvalue weighted by Gasteiger charge is -2.16. The Labute approximate surface area is 133 Å². The molecule has 0 saturated heterocycles. The molecule has 2 aromatic rings. The molecule has 1 aromatic heterocycles. The predicted molar refractivity (Wildman–Crippen MR) is 86.8 cm³/mol. The van der Waals surface area contributed by atoms with E-state index >= 15 is 0 Å². The van der Waals surface area contributed by atoms with Crippen LogP contribution in [0, 0.1) is 0 Å². The molecule has 0 N–H and O–H groups in total. The number of nitrogens with zero attached hydrogens (tertiary/aromatic N) is 3.